The predicted octanol–water partition coefficient (Wildman–Crippen LogP) is 1.43. The van der Waals surface area contributed by atoms with Crippen molar-refractivity contribution in [2.24, 2.45) is 5.92 Å². The first-order chi connectivity index (χ1) is 13.1. The molecule has 0 spiro atoms. The third-order valence-electron chi connectivity index (χ3n) is 4.22. The van der Waals surface area contributed by atoms with Crippen LogP contribution < -0.4 is 14.9 Å². The highest BCUT2D eigenvalue weighted by atomic mass is 32.2. The van der Waals surface area contributed by atoms with Crippen molar-refractivity contribution < 1.29 is 31.6 Å². The van der Waals surface area contributed by atoms with Crippen molar-refractivity contribution in [1.82, 2.24) is 10.2 Å². The Kier molecular flexibility index (Phi) is 5.19. The molecule has 1 heterocycles. The lowest BCUT2D eigenvalue weighted by molar-refractivity contribution is -0.131. The number of amides is 1. The third-order valence-corrected chi connectivity index (χ3v) is 7.47. The Morgan fingerprint density at radius 3 is 2.36 bits per heavy atom. The van der Waals surface area contributed by atoms with Crippen LogP contribution >= 0.6 is 0 Å². The fourth-order valence-corrected chi connectivity index (χ4v) is 5.71. The first kappa shape index (κ1) is 20.3. The van der Waals surface area contributed by atoms with E-state index < -0.39 is 37.7 Å². The summed E-state index contributed by atoms with van der Waals surface area (Å²) in [4.78, 5) is 11.0. The number of para-hydroxylation sites is 1. The number of ether oxygens (including phenoxy) is 1. The van der Waals surface area contributed by atoms with Crippen LogP contribution in [-0.2, 0) is 24.7 Å². The maximum absolute atomic E-state index is 12.9. The Balaban J connectivity index is 2.04. The fourth-order valence-electron chi connectivity index (χ4n) is 2.74. The van der Waals surface area contributed by atoms with Crippen LogP contribution in [0.1, 0.15) is 13.8 Å². The van der Waals surface area contributed by atoms with Gasteiger partial charge in [0.2, 0.25) is 19.9 Å². The second-order valence-corrected chi connectivity index (χ2v) is 10.1. The Morgan fingerprint density at radius 1 is 1.07 bits per heavy atom. The largest absolute Gasteiger partial charge is 0.455 e. The van der Waals surface area contributed by atoms with Crippen molar-refractivity contribution >= 4 is 25.8 Å². The van der Waals surface area contributed by atoms with E-state index in [-0.39, 0.29) is 26.2 Å². The number of hydrogen-bond acceptors (Lipinski definition) is 7. The summed E-state index contributed by atoms with van der Waals surface area (Å²) in [5.74, 6) is -1.24. The Labute approximate surface area is 162 Å². The van der Waals surface area contributed by atoms with Crippen molar-refractivity contribution in [3.63, 3.8) is 0 Å². The molecule has 0 aliphatic carbocycles. The van der Waals surface area contributed by atoms with Crippen LogP contribution in [0.2, 0.25) is 0 Å². The third kappa shape index (κ3) is 3.49. The molecule has 1 atom stereocenters. The summed E-state index contributed by atoms with van der Waals surface area (Å²) in [6, 6.07) is 8.19. The highest BCUT2D eigenvalue weighted by molar-refractivity contribution is 7.92. The first-order valence-electron chi connectivity index (χ1n) is 8.20. The van der Waals surface area contributed by atoms with Crippen LogP contribution in [0.15, 0.2) is 57.2 Å². The molecule has 0 unspecified atom stereocenters. The van der Waals surface area contributed by atoms with E-state index in [9.17, 15) is 21.6 Å². The molecule has 0 saturated heterocycles. The monoisotopic (exact) mass is 426 g/mol. The molecule has 0 bridgehead atoms. The molecular formula is C17H18N2O7S2. The quantitative estimate of drug-likeness (QED) is 0.414. The van der Waals surface area contributed by atoms with Gasteiger partial charge in [-0.2, -0.15) is 4.72 Å². The Bertz CT molecular complexity index is 1140. The molecule has 0 saturated carbocycles. The van der Waals surface area contributed by atoms with Crippen LogP contribution in [0.25, 0.3) is 0 Å². The summed E-state index contributed by atoms with van der Waals surface area (Å²) in [6.45, 7) is 3.18. The average Bonchev–Trinajstić information content (AvgIpc) is 2.65. The Morgan fingerprint density at radius 2 is 1.71 bits per heavy atom. The molecule has 1 aliphatic rings. The zero-order chi connectivity index (χ0) is 20.7. The zero-order valence-corrected chi connectivity index (χ0v) is 16.5. The van der Waals surface area contributed by atoms with E-state index >= 15 is 0 Å². The molecule has 2 aromatic carbocycles. The number of sulfonamides is 1. The van der Waals surface area contributed by atoms with Crippen molar-refractivity contribution in [3.8, 4) is 11.5 Å². The van der Waals surface area contributed by atoms with Gasteiger partial charge < -0.3 is 4.74 Å². The highest BCUT2D eigenvalue weighted by Gasteiger charge is 2.34. The molecule has 11 heteroatoms. The second-order valence-electron chi connectivity index (χ2n) is 6.48. The number of carbonyl (C=O) groups excluding carboxylic acids is 1. The lowest BCUT2D eigenvalue weighted by atomic mass is 10.1. The molecule has 1 aliphatic heterocycles. The minimum Gasteiger partial charge on any atom is -0.455 e. The first-order valence-corrected chi connectivity index (χ1v) is 11.2. The second kappa shape index (κ2) is 7.17. The Hall–Kier alpha value is -2.47. The molecule has 1 amide bonds. The number of sulfone groups is 1. The highest BCUT2D eigenvalue weighted by Crippen LogP contribution is 2.43. The summed E-state index contributed by atoms with van der Waals surface area (Å²) in [6.07, 6.45) is 0. The van der Waals surface area contributed by atoms with Gasteiger partial charge >= 0.3 is 0 Å². The van der Waals surface area contributed by atoms with Crippen LogP contribution in [0.4, 0.5) is 0 Å². The summed E-state index contributed by atoms with van der Waals surface area (Å²) in [5.41, 5.74) is 1.41. The maximum atomic E-state index is 12.9. The molecule has 3 rings (SSSR count). The van der Waals surface area contributed by atoms with Gasteiger partial charge in [0, 0.05) is 0 Å². The summed E-state index contributed by atoms with van der Waals surface area (Å²) in [7, 11) is -8.25. The smallest absolute Gasteiger partial charge is 0.261 e. The van der Waals surface area contributed by atoms with Crippen LogP contribution in [-0.4, -0.2) is 34.0 Å². The van der Waals surface area contributed by atoms with Gasteiger partial charge in [-0.3, -0.25) is 10.0 Å². The molecule has 28 heavy (non-hydrogen) atoms. The van der Waals surface area contributed by atoms with Crippen molar-refractivity contribution in [2.75, 3.05) is 0 Å². The predicted molar refractivity (Wildman–Crippen MR) is 97.3 cm³/mol. The summed E-state index contributed by atoms with van der Waals surface area (Å²) in [5, 5.41) is 8.81. The zero-order valence-electron chi connectivity index (χ0n) is 14.9. The number of fused-ring (bicyclic) bond motifs is 2. The minimum atomic E-state index is -4.26. The standard InChI is InChI=1S/C17H18N2O7S2/c1-10(2)16(17(20)18-21)19-28(24,25)11-7-8-13-15(9-11)27(22,23)14-6-4-3-5-12(14)26-13/h3-10,16,19,21H,1-2H3,(H,18,20)/t16-/m1/s1. The van der Waals surface area contributed by atoms with Crippen LogP contribution in [0.3, 0.4) is 0 Å². The lowest BCUT2D eigenvalue weighted by Crippen LogP contribution is -2.48. The number of hydrogen-bond donors (Lipinski definition) is 3. The van der Waals surface area contributed by atoms with E-state index in [4.69, 9.17) is 9.94 Å². The van der Waals surface area contributed by atoms with Gasteiger partial charge in [0.15, 0.2) is 0 Å². The lowest BCUT2D eigenvalue weighted by Gasteiger charge is -2.22. The van der Waals surface area contributed by atoms with E-state index in [2.05, 4.69) is 4.72 Å². The molecule has 2 aromatic rings. The molecule has 0 radical (unpaired) electrons. The van der Waals surface area contributed by atoms with Gasteiger partial charge in [0.05, 0.1) is 4.90 Å². The molecular weight excluding hydrogens is 408 g/mol. The number of carbonyl (C=O) groups is 1. The number of benzene rings is 2. The minimum absolute atomic E-state index is 0.00570. The van der Waals surface area contributed by atoms with Gasteiger partial charge in [-0.15, -0.1) is 0 Å². The van der Waals surface area contributed by atoms with Gasteiger partial charge in [-0.25, -0.2) is 22.3 Å². The van der Waals surface area contributed by atoms with E-state index in [1.807, 2.05) is 0 Å². The molecule has 3 N–H and O–H groups in total. The van der Waals surface area contributed by atoms with Crippen molar-refractivity contribution in [1.29, 1.82) is 0 Å². The number of hydroxylamine groups is 1. The fraction of sp³-hybridized carbons (Fsp3) is 0.235. The molecule has 150 valence electrons. The van der Waals surface area contributed by atoms with Gasteiger partial charge in [-0.05, 0) is 36.2 Å². The molecule has 0 fully saturated rings. The SMILES string of the molecule is CC(C)[C@@H](NS(=O)(=O)c1ccc2c(c1)S(=O)(=O)c1ccccc1O2)C(=O)NO. The molecule has 9 nitrogen and oxygen atoms in total. The average molecular weight is 426 g/mol. The topological polar surface area (TPSA) is 139 Å². The van der Waals surface area contributed by atoms with Crippen LogP contribution in [0.5, 0.6) is 11.5 Å². The maximum Gasteiger partial charge on any atom is 0.261 e. The van der Waals surface area contributed by atoms with E-state index in [0.29, 0.717) is 0 Å². The normalized spacial score (nSPS) is 15.9. The van der Waals surface area contributed by atoms with E-state index in [0.717, 1.165) is 6.07 Å². The van der Waals surface area contributed by atoms with Crippen molar-refractivity contribution in [3.05, 3.63) is 42.5 Å². The van der Waals surface area contributed by atoms with Crippen LogP contribution in [0, 0.1) is 5.92 Å². The van der Waals surface area contributed by atoms with Gasteiger partial charge in [0.1, 0.15) is 27.3 Å². The van der Waals surface area contributed by atoms with E-state index in [1.54, 1.807) is 19.9 Å². The van der Waals surface area contributed by atoms with Gasteiger partial charge in [-0.1, -0.05) is 26.0 Å². The summed E-state index contributed by atoms with van der Waals surface area (Å²) < 4.78 is 58.9. The number of nitrogens with one attached hydrogen (secondary N) is 2. The number of rotatable bonds is 5. The van der Waals surface area contributed by atoms with Crippen molar-refractivity contribution in [2.45, 2.75) is 34.6 Å². The molecule has 0 aromatic heterocycles. The summed E-state index contributed by atoms with van der Waals surface area (Å²) >= 11 is 0. The van der Waals surface area contributed by atoms with E-state index in [1.165, 1.54) is 35.8 Å². The van der Waals surface area contributed by atoms with Gasteiger partial charge in [0.25, 0.3) is 5.91 Å².